The molecule has 1 unspecified atom stereocenters. The third-order valence-corrected chi connectivity index (χ3v) is 2.59. The first-order valence-corrected chi connectivity index (χ1v) is 4.82. The lowest BCUT2D eigenvalue weighted by atomic mass is 10.1. The number of carbonyl (C=O) groups excluding carboxylic acids is 1. The summed E-state index contributed by atoms with van der Waals surface area (Å²) in [5, 5.41) is 9.54. The summed E-state index contributed by atoms with van der Waals surface area (Å²) in [6.45, 7) is 0. The van der Waals surface area contributed by atoms with Crippen LogP contribution >= 0.6 is 11.3 Å². The number of hydrogen-bond donors (Lipinski definition) is 2. The van der Waals surface area contributed by atoms with E-state index in [1.807, 2.05) is 16.8 Å². The predicted octanol–water partition coefficient (Wildman–Crippen LogP) is 0.494. The Kier molecular flexibility index (Phi) is 2.02. The molecule has 0 aromatic carbocycles. The van der Waals surface area contributed by atoms with E-state index in [4.69, 9.17) is 0 Å². The summed E-state index contributed by atoms with van der Waals surface area (Å²) >= 11 is 1.58. The molecule has 0 saturated carbocycles. The van der Waals surface area contributed by atoms with Gasteiger partial charge >= 0.3 is 0 Å². The molecule has 1 aliphatic heterocycles. The molecule has 2 N–H and O–H groups in total. The first-order chi connectivity index (χ1) is 6.31. The van der Waals surface area contributed by atoms with E-state index in [0.717, 1.165) is 5.56 Å². The Bertz CT molecular complexity index is 344. The minimum atomic E-state index is -0.273. The molecule has 2 rings (SSSR count). The summed E-state index contributed by atoms with van der Waals surface area (Å²) in [7, 11) is 1.64. The Balaban J connectivity index is 2.23. The van der Waals surface area contributed by atoms with E-state index in [0.29, 0.717) is 5.96 Å². The van der Waals surface area contributed by atoms with E-state index in [-0.39, 0.29) is 11.9 Å². The van der Waals surface area contributed by atoms with Crippen molar-refractivity contribution in [2.24, 2.45) is 4.99 Å². The molecule has 1 saturated heterocycles. The summed E-state index contributed by atoms with van der Waals surface area (Å²) in [4.78, 5) is 15.3. The average molecular weight is 195 g/mol. The Labute approximate surface area is 79.7 Å². The van der Waals surface area contributed by atoms with Gasteiger partial charge in [0.25, 0.3) is 5.91 Å². The molecule has 5 heteroatoms. The van der Waals surface area contributed by atoms with Gasteiger partial charge in [0.2, 0.25) is 0 Å². The fourth-order valence-corrected chi connectivity index (χ4v) is 1.91. The van der Waals surface area contributed by atoms with Crippen molar-refractivity contribution < 1.29 is 4.79 Å². The van der Waals surface area contributed by atoms with Crippen molar-refractivity contribution >= 4 is 23.2 Å². The van der Waals surface area contributed by atoms with Gasteiger partial charge in [-0.25, -0.2) is 0 Å². The highest BCUT2D eigenvalue weighted by Crippen LogP contribution is 2.18. The first-order valence-electron chi connectivity index (χ1n) is 3.87. The Morgan fingerprint density at radius 2 is 2.46 bits per heavy atom. The topological polar surface area (TPSA) is 53.5 Å². The van der Waals surface area contributed by atoms with Gasteiger partial charge in [0.1, 0.15) is 6.04 Å². The number of carbonyl (C=O) groups is 1. The van der Waals surface area contributed by atoms with Gasteiger partial charge in [-0.05, 0) is 22.4 Å². The molecular formula is C8H9N3OS. The number of nitrogens with one attached hydrogen (secondary N) is 2. The fourth-order valence-electron chi connectivity index (χ4n) is 1.22. The zero-order valence-electron chi connectivity index (χ0n) is 7.07. The van der Waals surface area contributed by atoms with E-state index in [9.17, 15) is 4.79 Å². The highest BCUT2D eigenvalue weighted by atomic mass is 32.1. The van der Waals surface area contributed by atoms with E-state index >= 15 is 0 Å². The van der Waals surface area contributed by atoms with Crippen molar-refractivity contribution in [1.82, 2.24) is 10.6 Å². The van der Waals surface area contributed by atoms with Crippen LogP contribution in [0.4, 0.5) is 0 Å². The number of hydrogen-bond acceptors (Lipinski definition) is 3. The summed E-state index contributed by atoms with van der Waals surface area (Å²) < 4.78 is 0. The van der Waals surface area contributed by atoms with Gasteiger partial charge in [-0.1, -0.05) is 0 Å². The van der Waals surface area contributed by atoms with Crippen LogP contribution in [0.25, 0.3) is 0 Å². The van der Waals surface area contributed by atoms with Gasteiger partial charge in [-0.2, -0.15) is 11.3 Å². The molecule has 1 fully saturated rings. The molecule has 0 radical (unpaired) electrons. The number of rotatable bonds is 1. The van der Waals surface area contributed by atoms with E-state index in [1.165, 1.54) is 0 Å². The number of nitrogens with zero attached hydrogens (tertiary/aromatic N) is 1. The zero-order chi connectivity index (χ0) is 9.26. The second kappa shape index (κ2) is 3.18. The maximum atomic E-state index is 11.4. The van der Waals surface area contributed by atoms with E-state index in [1.54, 1.807) is 18.4 Å². The molecule has 1 aromatic heterocycles. The van der Waals surface area contributed by atoms with Crippen molar-refractivity contribution in [2.45, 2.75) is 6.04 Å². The fraction of sp³-hybridized carbons (Fsp3) is 0.250. The second-order valence-corrected chi connectivity index (χ2v) is 3.48. The Morgan fingerprint density at radius 3 is 3.00 bits per heavy atom. The van der Waals surface area contributed by atoms with E-state index in [2.05, 4.69) is 15.6 Å². The SMILES string of the molecule is CN=C1NC(=O)C(c2ccsc2)N1. The minimum Gasteiger partial charge on any atom is -0.340 e. The molecule has 4 nitrogen and oxygen atoms in total. The van der Waals surface area contributed by atoms with Gasteiger partial charge in [0, 0.05) is 7.05 Å². The number of guanidine groups is 1. The van der Waals surface area contributed by atoms with Crippen LogP contribution in [0.1, 0.15) is 11.6 Å². The quantitative estimate of drug-likeness (QED) is 0.685. The molecule has 68 valence electrons. The molecule has 0 spiro atoms. The molecule has 2 heterocycles. The first kappa shape index (κ1) is 8.25. The standard InChI is InChI=1S/C8H9N3OS/c1-9-8-10-6(7(12)11-8)5-2-3-13-4-5/h2-4,6H,1H3,(H2,9,10,11,12). The third-order valence-electron chi connectivity index (χ3n) is 1.88. The highest BCUT2D eigenvalue weighted by molar-refractivity contribution is 7.08. The molecule has 1 aromatic rings. The minimum absolute atomic E-state index is 0.0426. The smallest absolute Gasteiger partial charge is 0.253 e. The van der Waals surface area contributed by atoms with Crippen LogP contribution in [0.15, 0.2) is 21.8 Å². The van der Waals surface area contributed by atoms with Gasteiger partial charge in [0.15, 0.2) is 5.96 Å². The predicted molar refractivity (Wildman–Crippen MR) is 51.7 cm³/mol. The Morgan fingerprint density at radius 1 is 1.62 bits per heavy atom. The highest BCUT2D eigenvalue weighted by Gasteiger charge is 2.29. The maximum Gasteiger partial charge on any atom is 0.253 e. The summed E-state index contributed by atoms with van der Waals surface area (Å²) in [6, 6.07) is 1.66. The van der Waals surface area contributed by atoms with Crippen LogP contribution in [-0.4, -0.2) is 18.9 Å². The van der Waals surface area contributed by atoms with Crippen molar-refractivity contribution in [3.63, 3.8) is 0 Å². The monoisotopic (exact) mass is 195 g/mol. The van der Waals surface area contributed by atoms with Crippen LogP contribution in [-0.2, 0) is 4.79 Å². The van der Waals surface area contributed by atoms with E-state index < -0.39 is 0 Å². The normalized spacial score (nSPS) is 24.5. The van der Waals surface area contributed by atoms with Gasteiger partial charge in [-0.3, -0.25) is 15.1 Å². The lowest BCUT2D eigenvalue weighted by molar-refractivity contribution is -0.120. The van der Waals surface area contributed by atoms with Crippen LogP contribution in [0.3, 0.4) is 0 Å². The molecule has 1 aliphatic rings. The molecule has 13 heavy (non-hydrogen) atoms. The third kappa shape index (κ3) is 1.42. The second-order valence-electron chi connectivity index (χ2n) is 2.70. The van der Waals surface area contributed by atoms with Gasteiger partial charge in [0.05, 0.1) is 0 Å². The molecule has 1 amide bonds. The molecule has 1 atom stereocenters. The maximum absolute atomic E-state index is 11.4. The van der Waals surface area contributed by atoms with Crippen LogP contribution < -0.4 is 10.6 Å². The van der Waals surface area contributed by atoms with Crippen molar-refractivity contribution in [3.05, 3.63) is 22.4 Å². The summed E-state index contributed by atoms with van der Waals surface area (Å²) in [5.41, 5.74) is 0.987. The summed E-state index contributed by atoms with van der Waals surface area (Å²) in [5.74, 6) is 0.500. The number of amides is 1. The average Bonchev–Trinajstić information content (AvgIpc) is 2.72. The lowest BCUT2D eigenvalue weighted by Crippen LogP contribution is -2.24. The Hall–Kier alpha value is -1.36. The number of thiophene rings is 1. The van der Waals surface area contributed by atoms with Gasteiger partial charge in [-0.15, -0.1) is 0 Å². The molecule has 0 bridgehead atoms. The zero-order valence-corrected chi connectivity index (χ0v) is 7.89. The van der Waals surface area contributed by atoms with Crippen molar-refractivity contribution in [3.8, 4) is 0 Å². The van der Waals surface area contributed by atoms with Crippen molar-refractivity contribution in [2.75, 3.05) is 7.05 Å². The molecule has 0 aliphatic carbocycles. The van der Waals surface area contributed by atoms with Crippen LogP contribution in [0.2, 0.25) is 0 Å². The molecular weight excluding hydrogens is 186 g/mol. The van der Waals surface area contributed by atoms with Crippen LogP contribution in [0.5, 0.6) is 0 Å². The van der Waals surface area contributed by atoms with Crippen molar-refractivity contribution in [1.29, 1.82) is 0 Å². The lowest BCUT2D eigenvalue weighted by Gasteiger charge is -2.03. The van der Waals surface area contributed by atoms with Gasteiger partial charge < -0.3 is 5.32 Å². The number of aliphatic imine (C=N–C) groups is 1. The largest absolute Gasteiger partial charge is 0.340 e. The summed E-state index contributed by atoms with van der Waals surface area (Å²) in [6.07, 6.45) is 0. The van der Waals surface area contributed by atoms with Crippen LogP contribution in [0, 0.1) is 0 Å².